The topological polar surface area (TPSA) is 0 Å². The molecule has 0 fully saturated rings. The summed E-state index contributed by atoms with van der Waals surface area (Å²) in [5.74, 6) is -0.243. The molecule has 0 saturated heterocycles. The lowest BCUT2D eigenvalue weighted by atomic mass is 9.91. The van der Waals surface area contributed by atoms with Crippen molar-refractivity contribution in [3.63, 3.8) is 0 Å². The number of allylic oxidation sites excluding steroid dienone is 1. The third-order valence-corrected chi connectivity index (χ3v) is 1.92. The summed E-state index contributed by atoms with van der Waals surface area (Å²) in [6.45, 7) is 5.86. The van der Waals surface area contributed by atoms with Gasteiger partial charge in [0.25, 0.3) is 0 Å². The van der Waals surface area contributed by atoms with Crippen LogP contribution in [0, 0.1) is 5.82 Å². The minimum Gasteiger partial charge on any atom is -0.206 e. The van der Waals surface area contributed by atoms with Crippen molar-refractivity contribution in [2.75, 3.05) is 0 Å². The summed E-state index contributed by atoms with van der Waals surface area (Å²) in [5, 5.41) is 0. The van der Waals surface area contributed by atoms with Crippen LogP contribution >= 0.6 is 0 Å². The number of hydrogen-bond donors (Lipinski definition) is 0. The van der Waals surface area contributed by atoms with Crippen LogP contribution in [0.25, 0.3) is 5.57 Å². The minimum atomic E-state index is -0.243. The summed E-state index contributed by atoms with van der Waals surface area (Å²) in [6, 6.07) is 4.57. The first-order valence-corrected chi connectivity index (χ1v) is 4.38. The molecular formula is C11H12BF. The van der Waals surface area contributed by atoms with Gasteiger partial charge in [-0.15, -0.1) is 0 Å². The minimum absolute atomic E-state index is 0.243. The maximum absolute atomic E-state index is 13.2. The van der Waals surface area contributed by atoms with E-state index in [1.165, 1.54) is 6.07 Å². The van der Waals surface area contributed by atoms with Gasteiger partial charge in [-0.05, 0) is 18.1 Å². The number of hydrogen-bond acceptors (Lipinski definition) is 0. The first-order valence-electron chi connectivity index (χ1n) is 4.38. The number of benzene rings is 1. The van der Waals surface area contributed by atoms with Gasteiger partial charge < -0.3 is 0 Å². The maximum atomic E-state index is 13.2. The number of rotatable bonds is 3. The Morgan fingerprint density at radius 2 is 2.23 bits per heavy atom. The van der Waals surface area contributed by atoms with Gasteiger partial charge in [0.05, 0.1) is 0 Å². The molecule has 0 spiro atoms. The third-order valence-electron chi connectivity index (χ3n) is 1.92. The van der Waals surface area contributed by atoms with E-state index in [0.717, 1.165) is 18.4 Å². The lowest BCUT2D eigenvalue weighted by Crippen LogP contribution is -2.04. The van der Waals surface area contributed by atoms with E-state index >= 15 is 0 Å². The van der Waals surface area contributed by atoms with Crippen molar-refractivity contribution in [3.05, 3.63) is 36.2 Å². The van der Waals surface area contributed by atoms with Crippen LogP contribution in [0.1, 0.15) is 25.3 Å². The second kappa shape index (κ2) is 4.26. The Balaban J connectivity index is 2.99. The zero-order chi connectivity index (χ0) is 9.84. The van der Waals surface area contributed by atoms with Gasteiger partial charge in [0, 0.05) is 5.56 Å². The van der Waals surface area contributed by atoms with Crippen LogP contribution in [0.5, 0.6) is 0 Å². The van der Waals surface area contributed by atoms with Crippen molar-refractivity contribution in [2.24, 2.45) is 0 Å². The molecule has 0 saturated carbocycles. The molecule has 0 aliphatic rings. The van der Waals surface area contributed by atoms with Crippen LogP contribution in [0.15, 0.2) is 24.8 Å². The largest absolute Gasteiger partial charge is 0.206 e. The maximum Gasteiger partial charge on any atom is 0.130 e. The molecule has 2 heteroatoms. The lowest BCUT2D eigenvalue weighted by molar-refractivity contribution is 0.623. The molecule has 0 aromatic heterocycles. The van der Waals surface area contributed by atoms with E-state index in [-0.39, 0.29) is 5.82 Å². The van der Waals surface area contributed by atoms with Crippen molar-refractivity contribution in [3.8, 4) is 0 Å². The molecular weight excluding hydrogens is 162 g/mol. The number of halogens is 1. The summed E-state index contributed by atoms with van der Waals surface area (Å²) in [7, 11) is 5.55. The van der Waals surface area contributed by atoms with Gasteiger partial charge >= 0.3 is 0 Å². The monoisotopic (exact) mass is 174 g/mol. The van der Waals surface area contributed by atoms with Crippen molar-refractivity contribution in [1.29, 1.82) is 0 Å². The van der Waals surface area contributed by atoms with Crippen molar-refractivity contribution < 1.29 is 4.39 Å². The normalized spacial score (nSPS) is 10.0. The Labute approximate surface area is 79.9 Å². The molecule has 0 N–H and O–H groups in total. The van der Waals surface area contributed by atoms with Gasteiger partial charge in [-0.1, -0.05) is 37.5 Å². The highest BCUT2D eigenvalue weighted by Gasteiger charge is 2.04. The van der Waals surface area contributed by atoms with E-state index in [1.54, 1.807) is 12.1 Å². The fourth-order valence-electron chi connectivity index (χ4n) is 1.25. The summed E-state index contributed by atoms with van der Waals surface area (Å²) in [4.78, 5) is 0. The van der Waals surface area contributed by atoms with E-state index in [4.69, 9.17) is 7.85 Å². The predicted molar refractivity (Wildman–Crippen MR) is 55.7 cm³/mol. The summed E-state index contributed by atoms with van der Waals surface area (Å²) >= 11 is 0. The second-order valence-corrected chi connectivity index (χ2v) is 3.09. The highest BCUT2D eigenvalue weighted by atomic mass is 19.1. The summed E-state index contributed by atoms with van der Waals surface area (Å²) < 4.78 is 13.2. The molecule has 1 rings (SSSR count). The van der Waals surface area contributed by atoms with E-state index < -0.39 is 0 Å². The fraction of sp³-hybridized carbons (Fsp3) is 0.273. The Bertz CT molecular complexity index is 318. The van der Waals surface area contributed by atoms with Crippen molar-refractivity contribution in [2.45, 2.75) is 19.8 Å². The van der Waals surface area contributed by atoms with Gasteiger partial charge in [-0.2, -0.15) is 0 Å². The van der Waals surface area contributed by atoms with Crippen LogP contribution < -0.4 is 5.46 Å². The first-order chi connectivity index (χ1) is 6.15. The zero-order valence-corrected chi connectivity index (χ0v) is 7.81. The van der Waals surface area contributed by atoms with Gasteiger partial charge in [-0.3, -0.25) is 0 Å². The summed E-state index contributed by atoms with van der Waals surface area (Å²) in [5.41, 5.74) is 1.93. The predicted octanol–water partition coefficient (Wildman–Crippen LogP) is 2.43. The van der Waals surface area contributed by atoms with E-state index in [0.29, 0.717) is 11.0 Å². The average molecular weight is 174 g/mol. The van der Waals surface area contributed by atoms with Crippen LogP contribution in [0.3, 0.4) is 0 Å². The molecule has 2 radical (unpaired) electrons. The van der Waals surface area contributed by atoms with E-state index in [1.807, 2.05) is 6.92 Å². The van der Waals surface area contributed by atoms with Crippen molar-refractivity contribution in [1.82, 2.24) is 0 Å². The van der Waals surface area contributed by atoms with Crippen LogP contribution in [-0.2, 0) is 0 Å². The van der Waals surface area contributed by atoms with E-state index in [2.05, 4.69) is 6.58 Å². The molecule has 13 heavy (non-hydrogen) atoms. The van der Waals surface area contributed by atoms with Crippen LogP contribution in [-0.4, -0.2) is 7.85 Å². The highest BCUT2D eigenvalue weighted by molar-refractivity contribution is 6.32. The smallest absolute Gasteiger partial charge is 0.130 e. The Morgan fingerprint density at radius 1 is 1.54 bits per heavy atom. The quantitative estimate of drug-likeness (QED) is 0.617. The SMILES string of the molecule is [B]c1ccc(F)c(C(=C)CCC)c1. The van der Waals surface area contributed by atoms with Gasteiger partial charge in [0.1, 0.15) is 13.7 Å². The standard InChI is InChI=1S/C11H12BF/c1-3-4-8(2)10-7-9(12)5-6-11(10)13/h5-7H,2-4H2,1H3. The summed E-state index contributed by atoms with van der Waals surface area (Å²) in [6.07, 6.45) is 1.77. The van der Waals surface area contributed by atoms with E-state index in [9.17, 15) is 4.39 Å². The zero-order valence-electron chi connectivity index (χ0n) is 7.81. The lowest BCUT2D eigenvalue weighted by Gasteiger charge is -2.06. The molecule has 0 bridgehead atoms. The molecule has 66 valence electrons. The highest BCUT2D eigenvalue weighted by Crippen LogP contribution is 2.19. The molecule has 0 aliphatic heterocycles. The fourth-order valence-corrected chi connectivity index (χ4v) is 1.25. The van der Waals surface area contributed by atoms with Crippen LogP contribution in [0.4, 0.5) is 4.39 Å². The molecule has 0 unspecified atom stereocenters. The first kappa shape index (κ1) is 10.0. The Hall–Kier alpha value is -1.05. The average Bonchev–Trinajstić information content (AvgIpc) is 2.09. The molecule has 0 aliphatic carbocycles. The molecule has 0 nitrogen and oxygen atoms in total. The molecule has 0 heterocycles. The molecule has 0 atom stereocenters. The molecule has 1 aromatic rings. The van der Waals surface area contributed by atoms with Gasteiger partial charge in [0.15, 0.2) is 0 Å². The third kappa shape index (κ3) is 2.45. The molecule has 0 amide bonds. The van der Waals surface area contributed by atoms with Crippen LogP contribution in [0.2, 0.25) is 0 Å². The van der Waals surface area contributed by atoms with Crippen molar-refractivity contribution >= 4 is 18.9 Å². The Kier molecular flexibility index (Phi) is 3.29. The van der Waals surface area contributed by atoms with Gasteiger partial charge in [-0.25, -0.2) is 4.39 Å². The Morgan fingerprint density at radius 3 is 2.85 bits per heavy atom. The molecule has 1 aromatic carbocycles. The second-order valence-electron chi connectivity index (χ2n) is 3.09. The van der Waals surface area contributed by atoms with Gasteiger partial charge in [0.2, 0.25) is 0 Å².